The molecule has 106 valence electrons. The topological polar surface area (TPSA) is 64.1 Å². The third-order valence-electron chi connectivity index (χ3n) is 3.80. The van der Waals surface area contributed by atoms with Gasteiger partial charge in [0.2, 0.25) is 0 Å². The smallest absolute Gasteiger partial charge is 0.323 e. The molecule has 2 saturated heterocycles. The second-order valence-corrected chi connectivity index (χ2v) is 5.12. The summed E-state index contributed by atoms with van der Waals surface area (Å²) in [6.45, 7) is 7.00. The number of urea groups is 1. The van der Waals surface area contributed by atoms with Crippen molar-refractivity contribution in [3.8, 4) is 0 Å². The average molecular weight is 267 g/mol. The molecule has 0 aliphatic carbocycles. The maximum atomic E-state index is 12.3. The van der Waals surface area contributed by atoms with Gasteiger partial charge >= 0.3 is 12.0 Å². The zero-order valence-corrected chi connectivity index (χ0v) is 11.1. The van der Waals surface area contributed by atoms with Crippen molar-refractivity contribution in [2.24, 2.45) is 0 Å². The van der Waals surface area contributed by atoms with E-state index in [2.05, 4.69) is 11.5 Å². The number of fused-ring (bicyclic) bond motifs is 1. The average Bonchev–Trinajstić information content (AvgIpc) is 2.84. The van der Waals surface area contributed by atoms with Crippen LogP contribution in [-0.2, 0) is 4.79 Å². The van der Waals surface area contributed by atoms with Crippen molar-refractivity contribution in [2.75, 3.05) is 39.3 Å². The summed E-state index contributed by atoms with van der Waals surface area (Å²) in [6.07, 6.45) is 3.88. The summed E-state index contributed by atoms with van der Waals surface area (Å²) >= 11 is 0. The van der Waals surface area contributed by atoms with Crippen molar-refractivity contribution in [3.63, 3.8) is 0 Å². The van der Waals surface area contributed by atoms with E-state index in [1.165, 1.54) is 11.3 Å². The summed E-state index contributed by atoms with van der Waals surface area (Å²) in [7, 11) is 0. The maximum absolute atomic E-state index is 12.3. The Morgan fingerprint density at radius 2 is 2.16 bits per heavy atom. The fraction of sp³-hybridized carbons (Fsp3) is 0.692. The van der Waals surface area contributed by atoms with Gasteiger partial charge in [0, 0.05) is 32.2 Å². The molecule has 0 spiro atoms. The lowest BCUT2D eigenvalue weighted by Gasteiger charge is -2.39. The molecule has 0 bridgehead atoms. The molecule has 0 saturated carbocycles. The Morgan fingerprint density at radius 3 is 2.84 bits per heavy atom. The molecule has 2 rings (SSSR count). The Labute approximate surface area is 113 Å². The lowest BCUT2D eigenvalue weighted by Crippen LogP contribution is -2.56. The highest BCUT2D eigenvalue weighted by molar-refractivity contribution is 5.80. The van der Waals surface area contributed by atoms with Gasteiger partial charge in [0.1, 0.15) is 6.54 Å². The first-order valence-electron chi connectivity index (χ1n) is 6.72. The van der Waals surface area contributed by atoms with Gasteiger partial charge in [-0.05, 0) is 19.4 Å². The summed E-state index contributed by atoms with van der Waals surface area (Å²) in [5, 5.41) is 8.85. The molecule has 6 nitrogen and oxygen atoms in total. The zero-order chi connectivity index (χ0) is 13.8. The molecule has 2 aliphatic rings. The number of piperazine rings is 1. The molecule has 1 unspecified atom stereocenters. The molecule has 0 radical (unpaired) electrons. The Balaban J connectivity index is 1.96. The molecule has 2 aliphatic heterocycles. The van der Waals surface area contributed by atoms with Gasteiger partial charge in [0.05, 0.1) is 0 Å². The lowest BCUT2D eigenvalue weighted by molar-refractivity contribution is -0.137. The molecule has 0 aromatic rings. The molecule has 6 heteroatoms. The van der Waals surface area contributed by atoms with Crippen LogP contribution in [0.2, 0.25) is 0 Å². The van der Waals surface area contributed by atoms with E-state index >= 15 is 0 Å². The first-order valence-corrected chi connectivity index (χ1v) is 6.72. The van der Waals surface area contributed by atoms with Crippen LogP contribution in [0.15, 0.2) is 12.7 Å². The van der Waals surface area contributed by atoms with Gasteiger partial charge in [-0.25, -0.2) is 4.79 Å². The Morgan fingerprint density at radius 1 is 1.37 bits per heavy atom. The van der Waals surface area contributed by atoms with Crippen molar-refractivity contribution < 1.29 is 14.7 Å². The summed E-state index contributed by atoms with van der Waals surface area (Å²) in [5.74, 6) is -0.991. The molecular weight excluding hydrogens is 246 g/mol. The fourth-order valence-electron chi connectivity index (χ4n) is 2.89. The normalized spacial score (nSPS) is 22.9. The van der Waals surface area contributed by atoms with Crippen LogP contribution in [0.5, 0.6) is 0 Å². The predicted octanol–water partition coefficient (Wildman–Crippen LogP) is 0.459. The van der Waals surface area contributed by atoms with E-state index in [9.17, 15) is 9.59 Å². The van der Waals surface area contributed by atoms with Crippen LogP contribution >= 0.6 is 0 Å². The Hall–Kier alpha value is -1.56. The third-order valence-corrected chi connectivity index (χ3v) is 3.80. The molecule has 0 aromatic heterocycles. The van der Waals surface area contributed by atoms with Crippen LogP contribution in [0.1, 0.15) is 12.8 Å². The van der Waals surface area contributed by atoms with E-state index in [0.717, 1.165) is 19.5 Å². The second kappa shape index (κ2) is 6.06. The molecular formula is C13H21N3O3. The summed E-state index contributed by atoms with van der Waals surface area (Å²) in [6, 6.07) is 0.266. The van der Waals surface area contributed by atoms with Crippen molar-refractivity contribution in [3.05, 3.63) is 12.7 Å². The Kier molecular flexibility index (Phi) is 4.42. The number of carbonyl (C=O) groups is 2. The van der Waals surface area contributed by atoms with Crippen LogP contribution < -0.4 is 0 Å². The van der Waals surface area contributed by atoms with Gasteiger partial charge in [-0.1, -0.05) is 6.08 Å². The minimum absolute atomic E-state index is 0.186. The number of carboxylic acid groups (broad SMARTS) is 1. The number of carbonyl (C=O) groups excluding carboxylic acids is 1. The standard InChI is InChI=1S/C13H21N3O3/c1-2-5-15(10-12(17)18)13(19)16-8-7-14-6-3-4-11(14)9-16/h2,11H,1,3-10H2,(H,17,18). The number of aliphatic carboxylic acids is 1. The summed E-state index contributed by atoms with van der Waals surface area (Å²) < 4.78 is 0. The molecule has 2 heterocycles. The van der Waals surface area contributed by atoms with Crippen LogP contribution in [0.4, 0.5) is 4.79 Å². The molecule has 1 atom stereocenters. The third kappa shape index (κ3) is 3.26. The van der Waals surface area contributed by atoms with E-state index in [1.807, 2.05) is 0 Å². The summed E-state index contributed by atoms with van der Waals surface area (Å²) in [4.78, 5) is 28.7. The van der Waals surface area contributed by atoms with Crippen LogP contribution in [0, 0.1) is 0 Å². The van der Waals surface area contributed by atoms with Crippen LogP contribution in [0.3, 0.4) is 0 Å². The van der Waals surface area contributed by atoms with E-state index in [1.54, 1.807) is 11.0 Å². The van der Waals surface area contributed by atoms with Crippen molar-refractivity contribution in [2.45, 2.75) is 18.9 Å². The number of hydrogen-bond acceptors (Lipinski definition) is 3. The van der Waals surface area contributed by atoms with Gasteiger partial charge in [-0.15, -0.1) is 6.58 Å². The van der Waals surface area contributed by atoms with Crippen molar-refractivity contribution in [1.29, 1.82) is 0 Å². The first-order chi connectivity index (χ1) is 9.11. The van der Waals surface area contributed by atoms with E-state index in [0.29, 0.717) is 19.1 Å². The van der Waals surface area contributed by atoms with E-state index < -0.39 is 5.97 Å². The maximum Gasteiger partial charge on any atom is 0.323 e. The number of nitrogens with zero attached hydrogens (tertiary/aromatic N) is 3. The van der Waals surface area contributed by atoms with Gasteiger partial charge in [0.25, 0.3) is 0 Å². The number of amides is 2. The minimum atomic E-state index is -0.991. The highest BCUT2D eigenvalue weighted by Crippen LogP contribution is 2.22. The number of carboxylic acids is 1. The van der Waals surface area contributed by atoms with Crippen LogP contribution in [0.25, 0.3) is 0 Å². The SMILES string of the molecule is C=CCN(CC(=O)O)C(=O)N1CCN2CCCC2C1. The van der Waals surface area contributed by atoms with E-state index in [-0.39, 0.29) is 19.1 Å². The summed E-state index contributed by atoms with van der Waals surface area (Å²) in [5.41, 5.74) is 0. The van der Waals surface area contributed by atoms with Gasteiger partial charge < -0.3 is 14.9 Å². The highest BCUT2D eigenvalue weighted by atomic mass is 16.4. The van der Waals surface area contributed by atoms with Crippen molar-refractivity contribution in [1.82, 2.24) is 14.7 Å². The quantitative estimate of drug-likeness (QED) is 0.752. The van der Waals surface area contributed by atoms with Gasteiger partial charge in [0.15, 0.2) is 0 Å². The highest BCUT2D eigenvalue weighted by Gasteiger charge is 2.34. The zero-order valence-electron chi connectivity index (χ0n) is 11.1. The molecule has 2 fully saturated rings. The predicted molar refractivity (Wildman–Crippen MR) is 71.0 cm³/mol. The second-order valence-electron chi connectivity index (χ2n) is 5.12. The minimum Gasteiger partial charge on any atom is -0.480 e. The molecule has 1 N–H and O–H groups in total. The largest absolute Gasteiger partial charge is 0.480 e. The molecule has 19 heavy (non-hydrogen) atoms. The molecule has 2 amide bonds. The first kappa shape index (κ1) is 13.9. The number of hydrogen-bond donors (Lipinski definition) is 1. The molecule has 0 aromatic carbocycles. The van der Waals surface area contributed by atoms with Crippen molar-refractivity contribution >= 4 is 12.0 Å². The Bertz CT molecular complexity index is 372. The lowest BCUT2D eigenvalue weighted by atomic mass is 10.1. The van der Waals surface area contributed by atoms with Gasteiger partial charge in [-0.2, -0.15) is 0 Å². The monoisotopic (exact) mass is 267 g/mol. The fourth-order valence-corrected chi connectivity index (χ4v) is 2.89. The van der Waals surface area contributed by atoms with Gasteiger partial charge in [-0.3, -0.25) is 9.69 Å². The van der Waals surface area contributed by atoms with Crippen LogP contribution in [-0.4, -0.2) is 77.1 Å². The number of rotatable bonds is 4. The van der Waals surface area contributed by atoms with E-state index in [4.69, 9.17) is 5.11 Å².